The van der Waals surface area contributed by atoms with E-state index >= 15 is 0 Å². The standard InChI is InChI=1S/C13H17N/c1-4-7-12(3)14-10-13-9-6-5-8-11(13)2/h4-10,12H,1-3H3/b7-4?,14-10-. The topological polar surface area (TPSA) is 12.4 Å². The lowest BCUT2D eigenvalue weighted by Crippen LogP contribution is -1.94. The maximum atomic E-state index is 4.43. The molecule has 0 bridgehead atoms. The Labute approximate surface area is 86.2 Å². The number of hydrogen-bond acceptors (Lipinski definition) is 1. The minimum atomic E-state index is 0.264. The van der Waals surface area contributed by atoms with Crippen LogP contribution in [0.4, 0.5) is 0 Å². The highest BCUT2D eigenvalue weighted by Gasteiger charge is 1.93. The number of aryl methyl sites for hydroxylation is 1. The van der Waals surface area contributed by atoms with Crippen molar-refractivity contribution in [1.29, 1.82) is 0 Å². The van der Waals surface area contributed by atoms with Gasteiger partial charge in [0.1, 0.15) is 0 Å². The summed E-state index contributed by atoms with van der Waals surface area (Å²) in [5.74, 6) is 0. The molecule has 0 aromatic heterocycles. The average Bonchev–Trinajstić information content (AvgIpc) is 2.17. The van der Waals surface area contributed by atoms with E-state index in [1.165, 1.54) is 11.1 Å². The number of aliphatic imine (C=N–C) groups is 1. The molecular weight excluding hydrogens is 170 g/mol. The Bertz CT molecular complexity index is 337. The molecule has 14 heavy (non-hydrogen) atoms. The Kier molecular flexibility index (Phi) is 4.11. The van der Waals surface area contributed by atoms with Gasteiger partial charge in [-0.3, -0.25) is 4.99 Å². The van der Waals surface area contributed by atoms with Gasteiger partial charge >= 0.3 is 0 Å². The van der Waals surface area contributed by atoms with Crippen LogP contribution in [0.2, 0.25) is 0 Å². The molecule has 1 heteroatoms. The van der Waals surface area contributed by atoms with Crippen LogP contribution in [0, 0.1) is 6.92 Å². The molecule has 0 aliphatic rings. The van der Waals surface area contributed by atoms with Crippen molar-refractivity contribution < 1.29 is 0 Å². The van der Waals surface area contributed by atoms with Crippen LogP contribution in [0.5, 0.6) is 0 Å². The molecule has 0 saturated heterocycles. The van der Waals surface area contributed by atoms with Crippen LogP contribution in [-0.4, -0.2) is 12.3 Å². The first-order valence-corrected chi connectivity index (χ1v) is 4.95. The van der Waals surface area contributed by atoms with Gasteiger partial charge in [-0.25, -0.2) is 0 Å². The quantitative estimate of drug-likeness (QED) is 0.508. The number of benzene rings is 1. The Morgan fingerprint density at radius 3 is 2.64 bits per heavy atom. The Morgan fingerprint density at radius 2 is 2.00 bits per heavy atom. The third kappa shape index (κ3) is 3.17. The Morgan fingerprint density at radius 1 is 1.29 bits per heavy atom. The van der Waals surface area contributed by atoms with Gasteiger partial charge in [0.15, 0.2) is 0 Å². The van der Waals surface area contributed by atoms with Crippen molar-refractivity contribution in [2.45, 2.75) is 26.8 Å². The monoisotopic (exact) mass is 187 g/mol. The van der Waals surface area contributed by atoms with Gasteiger partial charge in [-0.05, 0) is 31.9 Å². The third-order valence-electron chi connectivity index (χ3n) is 2.11. The van der Waals surface area contributed by atoms with Gasteiger partial charge < -0.3 is 0 Å². The molecular formula is C13H17N. The predicted octanol–water partition coefficient (Wildman–Crippen LogP) is 3.38. The zero-order valence-corrected chi connectivity index (χ0v) is 9.07. The fourth-order valence-corrected chi connectivity index (χ4v) is 1.26. The lowest BCUT2D eigenvalue weighted by atomic mass is 10.1. The molecule has 1 atom stereocenters. The van der Waals surface area contributed by atoms with Gasteiger partial charge in [0.2, 0.25) is 0 Å². The molecule has 1 unspecified atom stereocenters. The maximum absolute atomic E-state index is 4.43. The first-order valence-electron chi connectivity index (χ1n) is 4.95. The summed E-state index contributed by atoms with van der Waals surface area (Å²) in [5.41, 5.74) is 2.47. The van der Waals surface area contributed by atoms with Crippen LogP contribution >= 0.6 is 0 Å². The van der Waals surface area contributed by atoms with Gasteiger partial charge in [-0.2, -0.15) is 0 Å². The average molecular weight is 187 g/mol. The number of rotatable bonds is 3. The van der Waals surface area contributed by atoms with E-state index in [4.69, 9.17) is 0 Å². The second kappa shape index (κ2) is 5.38. The Hall–Kier alpha value is -1.37. The van der Waals surface area contributed by atoms with Crippen molar-refractivity contribution in [3.05, 3.63) is 47.5 Å². The van der Waals surface area contributed by atoms with E-state index < -0.39 is 0 Å². The van der Waals surface area contributed by atoms with Gasteiger partial charge in [0, 0.05) is 6.21 Å². The van der Waals surface area contributed by atoms with E-state index in [1.54, 1.807) is 0 Å². The summed E-state index contributed by atoms with van der Waals surface area (Å²) >= 11 is 0. The number of hydrogen-bond donors (Lipinski definition) is 0. The summed E-state index contributed by atoms with van der Waals surface area (Å²) in [6.07, 6.45) is 6.05. The van der Waals surface area contributed by atoms with Crippen LogP contribution in [0.1, 0.15) is 25.0 Å². The molecule has 0 aliphatic heterocycles. The molecule has 0 amide bonds. The van der Waals surface area contributed by atoms with Crippen molar-refractivity contribution in [3.63, 3.8) is 0 Å². The van der Waals surface area contributed by atoms with E-state index in [0.717, 1.165) is 0 Å². The third-order valence-corrected chi connectivity index (χ3v) is 2.11. The highest BCUT2D eigenvalue weighted by molar-refractivity contribution is 5.81. The van der Waals surface area contributed by atoms with E-state index in [-0.39, 0.29) is 6.04 Å². The van der Waals surface area contributed by atoms with Crippen LogP contribution in [0.3, 0.4) is 0 Å². The predicted molar refractivity (Wildman–Crippen MR) is 63.0 cm³/mol. The van der Waals surface area contributed by atoms with Crippen molar-refractivity contribution in [2.75, 3.05) is 0 Å². The van der Waals surface area contributed by atoms with E-state index in [9.17, 15) is 0 Å². The molecule has 1 aromatic rings. The van der Waals surface area contributed by atoms with Crippen molar-refractivity contribution in [3.8, 4) is 0 Å². The van der Waals surface area contributed by atoms with Crippen LogP contribution in [0.25, 0.3) is 0 Å². The molecule has 0 heterocycles. The fourth-order valence-electron chi connectivity index (χ4n) is 1.26. The molecule has 0 saturated carbocycles. The SMILES string of the molecule is CC=CC(C)/N=C\c1ccccc1C. The lowest BCUT2D eigenvalue weighted by Gasteiger charge is -2.00. The van der Waals surface area contributed by atoms with Gasteiger partial charge in [0.25, 0.3) is 0 Å². The van der Waals surface area contributed by atoms with E-state index in [0.29, 0.717) is 0 Å². The second-order valence-corrected chi connectivity index (χ2v) is 3.40. The van der Waals surface area contributed by atoms with Gasteiger partial charge in [-0.15, -0.1) is 0 Å². The summed E-state index contributed by atoms with van der Waals surface area (Å²) < 4.78 is 0. The minimum Gasteiger partial charge on any atom is -0.285 e. The summed E-state index contributed by atoms with van der Waals surface area (Å²) in [7, 11) is 0. The minimum absolute atomic E-state index is 0.264. The second-order valence-electron chi connectivity index (χ2n) is 3.40. The first kappa shape index (κ1) is 10.7. The largest absolute Gasteiger partial charge is 0.285 e. The molecule has 0 fully saturated rings. The molecule has 0 N–H and O–H groups in total. The summed E-state index contributed by atoms with van der Waals surface area (Å²) in [6, 6.07) is 8.53. The molecule has 1 rings (SSSR count). The first-order chi connectivity index (χ1) is 6.74. The molecule has 1 nitrogen and oxygen atoms in total. The molecule has 0 aliphatic carbocycles. The van der Waals surface area contributed by atoms with Crippen molar-refractivity contribution in [2.24, 2.45) is 4.99 Å². The molecule has 0 spiro atoms. The number of allylic oxidation sites excluding steroid dienone is 1. The molecule has 0 radical (unpaired) electrons. The van der Waals surface area contributed by atoms with Gasteiger partial charge in [0.05, 0.1) is 6.04 Å². The normalized spacial score (nSPS) is 13.9. The molecule has 1 aromatic carbocycles. The summed E-state index contributed by atoms with van der Waals surface area (Å²) in [5, 5.41) is 0. The van der Waals surface area contributed by atoms with Crippen LogP contribution in [0.15, 0.2) is 41.4 Å². The maximum Gasteiger partial charge on any atom is 0.0651 e. The zero-order chi connectivity index (χ0) is 10.4. The smallest absolute Gasteiger partial charge is 0.0651 e. The summed E-state index contributed by atoms with van der Waals surface area (Å²) in [4.78, 5) is 4.43. The van der Waals surface area contributed by atoms with Crippen molar-refractivity contribution in [1.82, 2.24) is 0 Å². The van der Waals surface area contributed by atoms with Crippen molar-refractivity contribution >= 4 is 6.21 Å². The highest BCUT2D eigenvalue weighted by Crippen LogP contribution is 2.04. The lowest BCUT2D eigenvalue weighted by molar-refractivity contribution is 0.930. The zero-order valence-electron chi connectivity index (χ0n) is 9.07. The van der Waals surface area contributed by atoms with Crippen LogP contribution in [-0.2, 0) is 0 Å². The Balaban J connectivity index is 2.73. The summed E-state index contributed by atoms with van der Waals surface area (Å²) in [6.45, 7) is 6.19. The highest BCUT2D eigenvalue weighted by atomic mass is 14.7. The number of nitrogens with zero attached hydrogens (tertiary/aromatic N) is 1. The van der Waals surface area contributed by atoms with E-state index in [1.807, 2.05) is 31.3 Å². The van der Waals surface area contributed by atoms with E-state index in [2.05, 4.69) is 37.0 Å². The fraction of sp³-hybridized carbons (Fsp3) is 0.308. The van der Waals surface area contributed by atoms with Gasteiger partial charge in [-0.1, -0.05) is 36.4 Å². The van der Waals surface area contributed by atoms with Crippen LogP contribution < -0.4 is 0 Å². The molecule has 74 valence electrons.